The number of nitrogens with one attached hydrogen (secondary N) is 1. The topological polar surface area (TPSA) is 83.5 Å². The van der Waals surface area contributed by atoms with Crippen molar-refractivity contribution in [3.8, 4) is 0 Å². The van der Waals surface area contributed by atoms with Crippen molar-refractivity contribution in [1.82, 2.24) is 0 Å². The van der Waals surface area contributed by atoms with Crippen molar-refractivity contribution in [1.29, 1.82) is 0 Å². The van der Waals surface area contributed by atoms with E-state index in [2.05, 4.69) is 36.8 Å². The highest BCUT2D eigenvalue weighted by atomic mass is 32.2. The lowest BCUT2D eigenvalue weighted by atomic mass is 10.2. The summed E-state index contributed by atoms with van der Waals surface area (Å²) in [6.07, 6.45) is 2.40. The Morgan fingerprint density at radius 1 is 0.967 bits per heavy atom. The molecule has 0 radical (unpaired) electrons. The molecule has 0 amide bonds. The molecule has 0 saturated heterocycles. The highest BCUT2D eigenvalue weighted by molar-refractivity contribution is 7.99. The number of carboxylic acids is 1. The third kappa shape index (κ3) is 5.75. The zero-order chi connectivity index (χ0) is 21.7. The van der Waals surface area contributed by atoms with Gasteiger partial charge in [-0.25, -0.2) is 13.2 Å². The van der Waals surface area contributed by atoms with Crippen LogP contribution in [0.4, 0.5) is 5.69 Å². The number of sulfonamides is 1. The summed E-state index contributed by atoms with van der Waals surface area (Å²) in [7, 11) is -3.74. The number of rotatable bonds is 7. The molecule has 2 N–H and O–H groups in total. The molecule has 3 rings (SSSR count). The molecule has 0 aliphatic heterocycles. The Labute approximate surface area is 180 Å². The normalized spacial score (nSPS) is 11.5. The monoisotopic (exact) mass is 439 g/mol. The molecule has 0 bridgehead atoms. The van der Waals surface area contributed by atoms with Crippen LogP contribution in [-0.2, 0) is 14.8 Å². The fourth-order valence-corrected chi connectivity index (χ4v) is 4.71. The van der Waals surface area contributed by atoms with E-state index in [9.17, 15) is 13.2 Å². The van der Waals surface area contributed by atoms with Gasteiger partial charge in [0.1, 0.15) is 0 Å². The third-order valence-corrected chi connectivity index (χ3v) is 6.86. The van der Waals surface area contributed by atoms with Crippen LogP contribution in [0.3, 0.4) is 0 Å². The maximum atomic E-state index is 12.6. The molecular weight excluding hydrogens is 418 g/mol. The van der Waals surface area contributed by atoms with Crippen LogP contribution >= 0.6 is 11.8 Å². The van der Waals surface area contributed by atoms with Gasteiger partial charge >= 0.3 is 5.97 Å². The van der Waals surface area contributed by atoms with E-state index < -0.39 is 16.0 Å². The number of hydrogen-bond acceptors (Lipinski definition) is 4. The molecule has 7 heteroatoms. The Hall–Kier alpha value is -3.03. The van der Waals surface area contributed by atoms with Gasteiger partial charge in [0.25, 0.3) is 10.0 Å². The molecule has 3 aromatic rings. The number of aliphatic carboxylic acids is 1. The van der Waals surface area contributed by atoms with Crippen LogP contribution in [0.2, 0.25) is 0 Å². The van der Waals surface area contributed by atoms with E-state index in [0.717, 1.165) is 15.9 Å². The molecule has 0 heterocycles. The lowest BCUT2D eigenvalue weighted by Gasteiger charge is -2.10. The second-order valence-corrected chi connectivity index (χ2v) is 9.54. The van der Waals surface area contributed by atoms with Gasteiger partial charge in [-0.05, 0) is 73.5 Å². The summed E-state index contributed by atoms with van der Waals surface area (Å²) in [5.41, 5.74) is 3.48. The van der Waals surface area contributed by atoms with Gasteiger partial charge in [0.05, 0.1) is 4.90 Å². The first kappa shape index (κ1) is 21.7. The molecule has 30 heavy (non-hydrogen) atoms. The maximum absolute atomic E-state index is 12.6. The molecule has 0 fully saturated rings. The van der Waals surface area contributed by atoms with E-state index in [4.69, 9.17) is 5.11 Å². The Morgan fingerprint density at radius 2 is 1.63 bits per heavy atom. The van der Waals surface area contributed by atoms with Gasteiger partial charge < -0.3 is 5.11 Å². The summed E-state index contributed by atoms with van der Waals surface area (Å²) in [5.74, 6) is -1.06. The van der Waals surface area contributed by atoms with Crippen LogP contribution in [0.15, 0.2) is 87.5 Å². The van der Waals surface area contributed by atoms with Gasteiger partial charge in [0.2, 0.25) is 0 Å². The number of benzene rings is 3. The number of carboxylic acid groups (broad SMARTS) is 1. The molecule has 0 spiro atoms. The van der Waals surface area contributed by atoms with E-state index in [1.165, 1.54) is 29.3 Å². The van der Waals surface area contributed by atoms with Crippen molar-refractivity contribution in [2.75, 3.05) is 4.72 Å². The molecule has 0 aliphatic rings. The minimum absolute atomic E-state index is 0.101. The summed E-state index contributed by atoms with van der Waals surface area (Å²) < 4.78 is 27.8. The Morgan fingerprint density at radius 3 is 2.23 bits per heavy atom. The van der Waals surface area contributed by atoms with Crippen molar-refractivity contribution in [2.24, 2.45) is 0 Å². The minimum Gasteiger partial charge on any atom is -0.478 e. The largest absolute Gasteiger partial charge is 0.478 e. The van der Waals surface area contributed by atoms with Gasteiger partial charge in [0, 0.05) is 21.6 Å². The zero-order valence-electron chi connectivity index (χ0n) is 16.5. The average Bonchev–Trinajstić information content (AvgIpc) is 2.70. The standard InChI is InChI=1S/C23H21NO4S2/c1-16-3-13-22(17(2)15-16)29-20-9-7-19(8-10-20)24-30(27,28)21-11-4-18(5-12-21)6-14-23(25)26/h3-15,24H,1-2H3,(H,25,26). The van der Waals surface area contributed by atoms with E-state index in [1.54, 1.807) is 36.0 Å². The Kier molecular flexibility index (Phi) is 6.64. The first-order chi connectivity index (χ1) is 14.2. The maximum Gasteiger partial charge on any atom is 0.328 e. The molecule has 154 valence electrons. The summed E-state index contributed by atoms with van der Waals surface area (Å²) >= 11 is 1.63. The Bertz CT molecular complexity index is 1180. The second kappa shape index (κ2) is 9.19. The SMILES string of the molecule is Cc1ccc(Sc2ccc(NS(=O)(=O)c3ccc(C=CC(=O)O)cc3)cc2)c(C)c1. The number of carbonyl (C=O) groups is 1. The molecule has 0 saturated carbocycles. The van der Waals surface area contributed by atoms with Crippen LogP contribution in [-0.4, -0.2) is 19.5 Å². The predicted octanol–water partition coefficient (Wildman–Crippen LogP) is 5.35. The second-order valence-electron chi connectivity index (χ2n) is 6.74. The fourth-order valence-electron chi connectivity index (χ4n) is 2.77. The lowest BCUT2D eigenvalue weighted by Crippen LogP contribution is -2.12. The Balaban J connectivity index is 1.70. The van der Waals surface area contributed by atoms with Gasteiger partial charge in [-0.15, -0.1) is 0 Å². The summed E-state index contributed by atoms with van der Waals surface area (Å²) in [5, 5.41) is 8.66. The first-order valence-corrected chi connectivity index (χ1v) is 11.4. The van der Waals surface area contributed by atoms with Crippen molar-refractivity contribution in [3.63, 3.8) is 0 Å². The van der Waals surface area contributed by atoms with Crippen molar-refractivity contribution < 1.29 is 18.3 Å². The van der Waals surface area contributed by atoms with Crippen LogP contribution in [0.1, 0.15) is 16.7 Å². The van der Waals surface area contributed by atoms with Gasteiger partial charge in [-0.3, -0.25) is 4.72 Å². The average molecular weight is 440 g/mol. The van der Waals surface area contributed by atoms with E-state index in [0.29, 0.717) is 11.3 Å². The van der Waals surface area contributed by atoms with E-state index in [1.807, 2.05) is 12.1 Å². The van der Waals surface area contributed by atoms with Gasteiger partial charge in [-0.1, -0.05) is 41.6 Å². The van der Waals surface area contributed by atoms with Crippen molar-refractivity contribution >= 4 is 39.5 Å². The summed E-state index contributed by atoms with van der Waals surface area (Å²) in [6.45, 7) is 4.13. The van der Waals surface area contributed by atoms with Gasteiger partial charge in [0.15, 0.2) is 0 Å². The van der Waals surface area contributed by atoms with Crippen LogP contribution in [0.5, 0.6) is 0 Å². The molecular formula is C23H21NO4S2. The number of hydrogen-bond donors (Lipinski definition) is 2. The smallest absolute Gasteiger partial charge is 0.328 e. The fraction of sp³-hybridized carbons (Fsp3) is 0.0870. The molecule has 0 atom stereocenters. The molecule has 5 nitrogen and oxygen atoms in total. The molecule has 0 aromatic heterocycles. The van der Waals surface area contributed by atoms with E-state index >= 15 is 0 Å². The van der Waals surface area contributed by atoms with Crippen molar-refractivity contribution in [2.45, 2.75) is 28.5 Å². The van der Waals surface area contributed by atoms with E-state index in [-0.39, 0.29) is 4.90 Å². The van der Waals surface area contributed by atoms with Gasteiger partial charge in [-0.2, -0.15) is 0 Å². The van der Waals surface area contributed by atoms with Crippen molar-refractivity contribution in [3.05, 3.63) is 89.5 Å². The quantitative estimate of drug-likeness (QED) is 0.485. The highest BCUT2D eigenvalue weighted by Gasteiger charge is 2.14. The van der Waals surface area contributed by atoms with Crippen LogP contribution in [0, 0.1) is 13.8 Å². The zero-order valence-corrected chi connectivity index (χ0v) is 18.1. The van der Waals surface area contributed by atoms with Crippen LogP contribution < -0.4 is 4.72 Å². The molecule has 0 aliphatic carbocycles. The third-order valence-electron chi connectivity index (χ3n) is 4.27. The lowest BCUT2D eigenvalue weighted by molar-refractivity contribution is -0.131. The summed E-state index contributed by atoms with van der Waals surface area (Å²) in [4.78, 5) is 12.8. The first-order valence-electron chi connectivity index (χ1n) is 9.12. The van der Waals surface area contributed by atoms with Crippen LogP contribution in [0.25, 0.3) is 6.08 Å². The minimum atomic E-state index is -3.74. The molecule has 0 unspecified atom stereocenters. The number of aryl methyl sites for hydroxylation is 2. The number of anilines is 1. The highest BCUT2D eigenvalue weighted by Crippen LogP contribution is 2.31. The predicted molar refractivity (Wildman–Crippen MR) is 120 cm³/mol. The molecule has 3 aromatic carbocycles. The summed E-state index contributed by atoms with van der Waals surface area (Å²) in [6, 6.07) is 19.5.